The first-order valence-corrected chi connectivity index (χ1v) is 7.79. The average Bonchev–Trinajstić information content (AvgIpc) is 3.02. The molecule has 0 aromatic heterocycles. The highest BCUT2D eigenvalue weighted by atomic mass is 16.5. The standard InChI is InChI=1S/C13H24N2O2.C2H6/c1-3-13(16)15-7-4-11(5-8-15)14(2)12-6-9-17-10-12;1-2/h11-12H,3-10H2,1-2H3;1-2H3/t12-;/m1./s1. The summed E-state index contributed by atoms with van der Waals surface area (Å²) in [6, 6.07) is 1.22. The summed E-state index contributed by atoms with van der Waals surface area (Å²) in [5.74, 6) is 0.301. The number of hydrogen-bond donors (Lipinski definition) is 0. The molecule has 0 aromatic rings. The lowest BCUT2D eigenvalue weighted by Crippen LogP contribution is -2.48. The van der Waals surface area contributed by atoms with Gasteiger partial charge in [-0.3, -0.25) is 9.69 Å². The Bertz CT molecular complexity index is 257. The summed E-state index contributed by atoms with van der Waals surface area (Å²) in [7, 11) is 2.21. The predicted octanol–water partition coefficient (Wildman–Crippen LogP) is 2.13. The Balaban J connectivity index is 0.000000861. The van der Waals surface area contributed by atoms with Gasteiger partial charge in [-0.1, -0.05) is 20.8 Å². The molecule has 2 aliphatic rings. The van der Waals surface area contributed by atoms with E-state index < -0.39 is 0 Å². The van der Waals surface area contributed by atoms with Gasteiger partial charge in [0.05, 0.1) is 6.61 Å². The van der Waals surface area contributed by atoms with Crippen molar-refractivity contribution in [3.05, 3.63) is 0 Å². The van der Waals surface area contributed by atoms with Crippen molar-refractivity contribution < 1.29 is 9.53 Å². The molecule has 1 atom stereocenters. The molecule has 2 saturated heterocycles. The lowest BCUT2D eigenvalue weighted by atomic mass is 10.0. The van der Waals surface area contributed by atoms with Gasteiger partial charge in [0.2, 0.25) is 5.91 Å². The molecule has 2 rings (SSSR count). The lowest BCUT2D eigenvalue weighted by molar-refractivity contribution is -0.132. The predicted molar refractivity (Wildman–Crippen MR) is 78.2 cm³/mol. The molecule has 1 amide bonds. The molecule has 0 aliphatic carbocycles. The SMILES string of the molecule is CC.CCC(=O)N1CCC(N(C)[C@@H]2CCOC2)CC1. The summed E-state index contributed by atoms with van der Waals surface area (Å²) < 4.78 is 5.44. The first-order chi connectivity index (χ1) is 9.22. The van der Waals surface area contributed by atoms with Crippen LogP contribution in [0.2, 0.25) is 0 Å². The Hall–Kier alpha value is -0.610. The van der Waals surface area contributed by atoms with Crippen LogP contribution in [-0.4, -0.2) is 61.1 Å². The number of likely N-dealkylation sites (tertiary alicyclic amines) is 1. The largest absolute Gasteiger partial charge is 0.380 e. The third-order valence-electron chi connectivity index (χ3n) is 4.18. The van der Waals surface area contributed by atoms with Gasteiger partial charge in [-0.25, -0.2) is 0 Å². The van der Waals surface area contributed by atoms with Gasteiger partial charge >= 0.3 is 0 Å². The van der Waals surface area contributed by atoms with E-state index >= 15 is 0 Å². The number of amides is 1. The van der Waals surface area contributed by atoms with Gasteiger partial charge in [0.25, 0.3) is 0 Å². The van der Waals surface area contributed by atoms with Crippen LogP contribution in [0.3, 0.4) is 0 Å². The van der Waals surface area contributed by atoms with Crippen LogP contribution in [0.5, 0.6) is 0 Å². The molecule has 4 heteroatoms. The normalized spacial score (nSPS) is 24.3. The average molecular weight is 270 g/mol. The number of nitrogens with zero attached hydrogens (tertiary/aromatic N) is 2. The zero-order valence-electron chi connectivity index (χ0n) is 13.0. The van der Waals surface area contributed by atoms with Gasteiger partial charge in [0, 0.05) is 38.2 Å². The summed E-state index contributed by atoms with van der Waals surface area (Å²) in [5, 5.41) is 0. The Morgan fingerprint density at radius 2 is 1.84 bits per heavy atom. The van der Waals surface area contributed by atoms with E-state index in [1.807, 2.05) is 25.7 Å². The number of ether oxygens (including phenoxy) is 1. The first-order valence-electron chi connectivity index (χ1n) is 7.79. The molecule has 0 bridgehead atoms. The Morgan fingerprint density at radius 1 is 1.21 bits per heavy atom. The van der Waals surface area contributed by atoms with Crippen LogP contribution in [0.4, 0.5) is 0 Å². The molecular formula is C15H30N2O2. The number of carbonyl (C=O) groups excluding carboxylic acids is 1. The van der Waals surface area contributed by atoms with Crippen LogP contribution in [0.15, 0.2) is 0 Å². The van der Waals surface area contributed by atoms with Crippen LogP contribution in [-0.2, 0) is 9.53 Å². The number of hydrogen-bond acceptors (Lipinski definition) is 3. The highest BCUT2D eigenvalue weighted by Crippen LogP contribution is 2.21. The summed E-state index contributed by atoms with van der Waals surface area (Å²) in [4.78, 5) is 16.1. The monoisotopic (exact) mass is 270 g/mol. The van der Waals surface area contributed by atoms with E-state index in [4.69, 9.17) is 4.74 Å². The maximum atomic E-state index is 11.6. The number of rotatable bonds is 3. The molecule has 0 spiro atoms. The van der Waals surface area contributed by atoms with Crippen LogP contribution >= 0.6 is 0 Å². The van der Waals surface area contributed by atoms with Crippen molar-refractivity contribution in [2.75, 3.05) is 33.4 Å². The molecule has 0 saturated carbocycles. The van der Waals surface area contributed by atoms with E-state index in [9.17, 15) is 4.79 Å². The Morgan fingerprint density at radius 3 is 2.32 bits per heavy atom. The quantitative estimate of drug-likeness (QED) is 0.787. The highest BCUT2D eigenvalue weighted by Gasteiger charge is 2.29. The fourth-order valence-electron chi connectivity index (χ4n) is 2.89. The second kappa shape index (κ2) is 8.54. The van der Waals surface area contributed by atoms with E-state index in [1.165, 1.54) is 0 Å². The van der Waals surface area contributed by atoms with Crippen molar-refractivity contribution in [2.45, 2.75) is 58.5 Å². The van der Waals surface area contributed by atoms with E-state index in [0.717, 1.165) is 45.6 Å². The fraction of sp³-hybridized carbons (Fsp3) is 0.933. The van der Waals surface area contributed by atoms with E-state index in [0.29, 0.717) is 24.4 Å². The maximum Gasteiger partial charge on any atom is 0.222 e. The minimum Gasteiger partial charge on any atom is -0.380 e. The van der Waals surface area contributed by atoms with Gasteiger partial charge in [0.15, 0.2) is 0 Å². The minimum atomic E-state index is 0.301. The Kier molecular flexibility index (Phi) is 7.39. The van der Waals surface area contributed by atoms with Crippen LogP contribution in [0, 0.1) is 0 Å². The molecule has 0 aromatic carbocycles. The summed E-state index contributed by atoms with van der Waals surface area (Å²) >= 11 is 0. The molecule has 0 N–H and O–H groups in total. The van der Waals surface area contributed by atoms with E-state index in [1.54, 1.807) is 0 Å². The smallest absolute Gasteiger partial charge is 0.222 e. The third-order valence-corrected chi connectivity index (χ3v) is 4.18. The van der Waals surface area contributed by atoms with Crippen molar-refractivity contribution in [1.82, 2.24) is 9.80 Å². The topological polar surface area (TPSA) is 32.8 Å². The molecular weight excluding hydrogens is 240 g/mol. The van der Waals surface area contributed by atoms with Crippen molar-refractivity contribution in [1.29, 1.82) is 0 Å². The van der Waals surface area contributed by atoms with Crippen molar-refractivity contribution in [3.63, 3.8) is 0 Å². The van der Waals surface area contributed by atoms with Crippen LogP contribution in [0.25, 0.3) is 0 Å². The number of piperidine rings is 1. The molecule has 2 fully saturated rings. The molecule has 0 radical (unpaired) electrons. The van der Waals surface area contributed by atoms with Crippen molar-refractivity contribution in [3.8, 4) is 0 Å². The first kappa shape index (κ1) is 16.4. The van der Waals surface area contributed by atoms with Crippen LogP contribution in [0.1, 0.15) is 46.5 Å². The summed E-state index contributed by atoms with van der Waals surface area (Å²) in [6.45, 7) is 9.58. The lowest BCUT2D eigenvalue weighted by Gasteiger charge is -2.39. The zero-order valence-corrected chi connectivity index (χ0v) is 13.0. The fourth-order valence-corrected chi connectivity index (χ4v) is 2.89. The van der Waals surface area contributed by atoms with Gasteiger partial charge in [-0.15, -0.1) is 0 Å². The maximum absolute atomic E-state index is 11.6. The van der Waals surface area contributed by atoms with Gasteiger partial charge in [-0.05, 0) is 26.3 Å². The van der Waals surface area contributed by atoms with Crippen LogP contribution < -0.4 is 0 Å². The van der Waals surface area contributed by atoms with Gasteiger partial charge < -0.3 is 9.64 Å². The van der Waals surface area contributed by atoms with Crippen molar-refractivity contribution in [2.24, 2.45) is 0 Å². The second-order valence-electron chi connectivity index (χ2n) is 5.15. The van der Waals surface area contributed by atoms with Gasteiger partial charge in [0.1, 0.15) is 0 Å². The second-order valence-corrected chi connectivity index (χ2v) is 5.15. The zero-order chi connectivity index (χ0) is 14.3. The summed E-state index contributed by atoms with van der Waals surface area (Å²) in [5.41, 5.74) is 0. The van der Waals surface area contributed by atoms with E-state index in [2.05, 4.69) is 11.9 Å². The molecule has 2 heterocycles. The Labute approximate surface area is 118 Å². The molecule has 19 heavy (non-hydrogen) atoms. The summed E-state index contributed by atoms with van der Waals surface area (Å²) in [6.07, 6.45) is 4.01. The number of carbonyl (C=O) groups is 1. The van der Waals surface area contributed by atoms with Crippen molar-refractivity contribution >= 4 is 5.91 Å². The molecule has 4 nitrogen and oxygen atoms in total. The number of likely N-dealkylation sites (N-methyl/N-ethyl adjacent to an activating group) is 1. The third kappa shape index (κ3) is 4.46. The van der Waals surface area contributed by atoms with Gasteiger partial charge in [-0.2, -0.15) is 0 Å². The molecule has 2 aliphatic heterocycles. The molecule has 112 valence electrons. The van der Waals surface area contributed by atoms with E-state index in [-0.39, 0.29) is 0 Å². The highest BCUT2D eigenvalue weighted by molar-refractivity contribution is 5.75. The minimum absolute atomic E-state index is 0.301. The molecule has 0 unspecified atom stereocenters.